The van der Waals surface area contributed by atoms with E-state index >= 15 is 0 Å². The molecule has 1 aromatic carbocycles. The highest BCUT2D eigenvalue weighted by molar-refractivity contribution is 5.62. The Hall–Kier alpha value is -1.42. The molecular weight excluding hydrogens is 214 g/mol. The Bertz CT molecular complexity index is 394. The van der Waals surface area contributed by atoms with E-state index in [4.69, 9.17) is 10.5 Å². The predicted octanol–water partition coefficient (Wildman–Crippen LogP) is 1.46. The van der Waals surface area contributed by atoms with Gasteiger partial charge in [-0.1, -0.05) is 0 Å². The minimum absolute atomic E-state index is 0.486. The zero-order valence-electron chi connectivity index (χ0n) is 10.7. The molecule has 0 amide bonds. The van der Waals surface area contributed by atoms with Crippen molar-refractivity contribution in [1.82, 2.24) is 5.32 Å². The molecule has 0 aromatic heterocycles. The largest absolute Gasteiger partial charge is 0.495 e. The van der Waals surface area contributed by atoms with Crippen molar-refractivity contribution in [1.29, 1.82) is 0 Å². The van der Waals surface area contributed by atoms with Crippen molar-refractivity contribution in [3.63, 3.8) is 0 Å². The first-order chi connectivity index (χ1) is 8.11. The number of nitrogens with two attached hydrogens (primary N) is 1. The van der Waals surface area contributed by atoms with E-state index in [-0.39, 0.29) is 0 Å². The fourth-order valence-corrected chi connectivity index (χ4v) is 2.26. The second-order valence-corrected chi connectivity index (χ2v) is 4.74. The summed E-state index contributed by atoms with van der Waals surface area (Å²) in [6.45, 7) is 6.44. The highest BCUT2D eigenvalue weighted by Crippen LogP contribution is 2.29. The average molecular weight is 235 g/mol. The number of methoxy groups -OCH3 is 1. The van der Waals surface area contributed by atoms with E-state index < -0.39 is 0 Å². The molecule has 3 N–H and O–H groups in total. The van der Waals surface area contributed by atoms with Gasteiger partial charge in [0.2, 0.25) is 0 Å². The van der Waals surface area contributed by atoms with Crippen molar-refractivity contribution in [2.45, 2.75) is 25.9 Å². The van der Waals surface area contributed by atoms with Gasteiger partial charge >= 0.3 is 0 Å². The van der Waals surface area contributed by atoms with Gasteiger partial charge in [-0.2, -0.15) is 0 Å². The molecule has 1 fully saturated rings. The van der Waals surface area contributed by atoms with Crippen molar-refractivity contribution < 1.29 is 4.74 Å². The van der Waals surface area contributed by atoms with Gasteiger partial charge in [0.1, 0.15) is 5.75 Å². The third-order valence-corrected chi connectivity index (χ3v) is 3.31. The highest BCUT2D eigenvalue weighted by Gasteiger charge is 2.22. The molecule has 1 aliphatic heterocycles. The molecule has 1 aliphatic rings. The lowest BCUT2D eigenvalue weighted by atomic mass is 10.1. The molecule has 0 unspecified atom stereocenters. The van der Waals surface area contributed by atoms with E-state index in [1.165, 1.54) is 5.69 Å². The van der Waals surface area contributed by atoms with Crippen LogP contribution in [0.3, 0.4) is 0 Å². The van der Waals surface area contributed by atoms with Crippen molar-refractivity contribution in [3.8, 4) is 5.75 Å². The van der Waals surface area contributed by atoms with E-state index in [2.05, 4.69) is 30.1 Å². The zero-order chi connectivity index (χ0) is 12.4. The van der Waals surface area contributed by atoms with Crippen molar-refractivity contribution >= 4 is 11.4 Å². The molecule has 0 spiro atoms. The quantitative estimate of drug-likeness (QED) is 0.762. The Morgan fingerprint density at radius 2 is 2.18 bits per heavy atom. The average Bonchev–Trinajstić information content (AvgIpc) is 2.33. The molecule has 0 bridgehead atoms. The number of hydrogen-bond donors (Lipinski definition) is 2. The minimum atomic E-state index is 0.486. The summed E-state index contributed by atoms with van der Waals surface area (Å²) in [5.41, 5.74) is 7.70. The molecule has 1 saturated heterocycles. The zero-order valence-corrected chi connectivity index (χ0v) is 10.7. The first kappa shape index (κ1) is 12.0. The Morgan fingerprint density at radius 1 is 1.41 bits per heavy atom. The molecule has 1 aromatic rings. The Kier molecular flexibility index (Phi) is 3.43. The molecule has 94 valence electrons. The first-order valence-corrected chi connectivity index (χ1v) is 6.05. The number of rotatable bonds is 2. The van der Waals surface area contributed by atoms with E-state index in [1.807, 2.05) is 12.1 Å². The van der Waals surface area contributed by atoms with Gasteiger partial charge in [-0.25, -0.2) is 0 Å². The van der Waals surface area contributed by atoms with Crippen LogP contribution in [0.4, 0.5) is 11.4 Å². The number of benzene rings is 1. The van der Waals surface area contributed by atoms with Crippen LogP contribution in [-0.4, -0.2) is 32.3 Å². The van der Waals surface area contributed by atoms with Crippen LogP contribution in [0.1, 0.15) is 13.8 Å². The minimum Gasteiger partial charge on any atom is -0.495 e. The molecule has 4 heteroatoms. The van der Waals surface area contributed by atoms with Crippen LogP contribution in [0, 0.1) is 0 Å². The van der Waals surface area contributed by atoms with Gasteiger partial charge in [0, 0.05) is 36.9 Å². The lowest BCUT2D eigenvalue weighted by molar-refractivity contribution is 0.412. The summed E-state index contributed by atoms with van der Waals surface area (Å²) in [5, 5.41) is 3.47. The molecule has 0 saturated carbocycles. The summed E-state index contributed by atoms with van der Waals surface area (Å²) in [7, 11) is 1.65. The van der Waals surface area contributed by atoms with Crippen LogP contribution in [0.2, 0.25) is 0 Å². The Balaban J connectivity index is 2.26. The lowest BCUT2D eigenvalue weighted by Crippen LogP contribution is -2.54. The Labute approximate surface area is 103 Å². The molecule has 0 radical (unpaired) electrons. The fourth-order valence-electron chi connectivity index (χ4n) is 2.26. The third kappa shape index (κ3) is 2.47. The van der Waals surface area contributed by atoms with Crippen LogP contribution < -0.4 is 20.7 Å². The number of hydrogen-bond acceptors (Lipinski definition) is 4. The summed E-state index contributed by atoms with van der Waals surface area (Å²) >= 11 is 0. The van der Waals surface area contributed by atoms with Gasteiger partial charge in [0.05, 0.1) is 12.8 Å². The van der Waals surface area contributed by atoms with Crippen LogP contribution >= 0.6 is 0 Å². The van der Waals surface area contributed by atoms with Gasteiger partial charge < -0.3 is 20.7 Å². The molecule has 2 rings (SSSR count). The lowest BCUT2D eigenvalue weighted by Gasteiger charge is -2.39. The smallest absolute Gasteiger partial charge is 0.143 e. The fraction of sp³-hybridized carbons (Fsp3) is 0.538. The van der Waals surface area contributed by atoms with Crippen molar-refractivity contribution in [2.75, 3.05) is 30.8 Å². The second kappa shape index (κ2) is 4.84. The van der Waals surface area contributed by atoms with Gasteiger partial charge in [-0.05, 0) is 26.0 Å². The molecule has 17 heavy (non-hydrogen) atoms. The second-order valence-electron chi connectivity index (χ2n) is 4.74. The van der Waals surface area contributed by atoms with Crippen LogP contribution in [0.5, 0.6) is 5.75 Å². The summed E-state index contributed by atoms with van der Waals surface area (Å²) in [4.78, 5) is 2.39. The maximum atomic E-state index is 5.84. The SMILES string of the molecule is COc1cc(N2C[C@H](C)NC[C@H]2C)ccc1N. The van der Waals surface area contributed by atoms with Crippen LogP contribution in [0.25, 0.3) is 0 Å². The third-order valence-electron chi connectivity index (χ3n) is 3.31. The van der Waals surface area contributed by atoms with Crippen LogP contribution in [0.15, 0.2) is 18.2 Å². The van der Waals surface area contributed by atoms with Crippen molar-refractivity contribution in [2.24, 2.45) is 0 Å². The number of nitrogens with one attached hydrogen (secondary N) is 1. The summed E-state index contributed by atoms with van der Waals surface area (Å²) < 4.78 is 5.27. The van der Waals surface area contributed by atoms with Gasteiger partial charge in [-0.3, -0.25) is 0 Å². The number of ether oxygens (including phenoxy) is 1. The summed E-state index contributed by atoms with van der Waals surface area (Å²) in [5.74, 6) is 0.751. The normalized spacial score (nSPS) is 24.8. The summed E-state index contributed by atoms with van der Waals surface area (Å²) in [6, 6.07) is 6.98. The van der Waals surface area contributed by atoms with E-state index in [0.29, 0.717) is 17.8 Å². The molecule has 2 atom stereocenters. The van der Waals surface area contributed by atoms with E-state index in [0.717, 1.165) is 18.8 Å². The van der Waals surface area contributed by atoms with Crippen molar-refractivity contribution in [3.05, 3.63) is 18.2 Å². The van der Waals surface area contributed by atoms with Gasteiger partial charge in [0.15, 0.2) is 0 Å². The molecule has 4 nitrogen and oxygen atoms in total. The number of nitrogen functional groups attached to an aromatic ring is 1. The topological polar surface area (TPSA) is 50.5 Å². The van der Waals surface area contributed by atoms with E-state index in [9.17, 15) is 0 Å². The van der Waals surface area contributed by atoms with Gasteiger partial charge in [-0.15, -0.1) is 0 Å². The molecule has 1 heterocycles. The predicted molar refractivity (Wildman–Crippen MR) is 71.7 cm³/mol. The Morgan fingerprint density at radius 3 is 2.88 bits per heavy atom. The van der Waals surface area contributed by atoms with Gasteiger partial charge in [0.25, 0.3) is 0 Å². The van der Waals surface area contributed by atoms with Crippen LogP contribution in [-0.2, 0) is 0 Å². The monoisotopic (exact) mass is 235 g/mol. The maximum absolute atomic E-state index is 5.84. The standard InChI is InChI=1S/C13H21N3O/c1-9-8-16(10(2)7-15-9)11-4-5-12(14)13(6-11)17-3/h4-6,9-10,15H,7-8,14H2,1-3H3/t9-,10+/m0/s1. The maximum Gasteiger partial charge on any atom is 0.143 e. The molecular formula is C13H21N3O. The first-order valence-electron chi connectivity index (χ1n) is 6.05. The summed E-state index contributed by atoms with van der Waals surface area (Å²) in [6.07, 6.45) is 0. The number of nitrogens with zero attached hydrogens (tertiary/aromatic N) is 1. The number of anilines is 2. The van der Waals surface area contributed by atoms with E-state index in [1.54, 1.807) is 7.11 Å². The molecule has 0 aliphatic carbocycles. The highest BCUT2D eigenvalue weighted by atomic mass is 16.5. The number of piperazine rings is 1.